The minimum atomic E-state index is -0.290. The van der Waals surface area contributed by atoms with Crippen LogP contribution < -0.4 is 4.90 Å². The Labute approximate surface area is 180 Å². The Kier molecular flexibility index (Phi) is 4.87. The fourth-order valence-corrected chi connectivity index (χ4v) is 4.51. The van der Waals surface area contributed by atoms with Crippen LogP contribution in [-0.4, -0.2) is 27.9 Å². The van der Waals surface area contributed by atoms with E-state index in [1.807, 2.05) is 43.5 Å². The highest BCUT2D eigenvalue weighted by Crippen LogP contribution is 2.35. The van der Waals surface area contributed by atoms with Gasteiger partial charge in [-0.15, -0.1) is 0 Å². The highest BCUT2D eigenvalue weighted by molar-refractivity contribution is 5.87. The molecule has 5 nitrogen and oxygen atoms in total. The second-order valence-electron chi connectivity index (χ2n) is 7.94. The van der Waals surface area contributed by atoms with Crippen LogP contribution in [0.3, 0.4) is 0 Å². The SMILES string of the molecule is Cc1nn(-c2ccccc2C#N)c2c(F)c(N3CCC(c4ccccn4)CC3)ccc12. The zero-order valence-electron chi connectivity index (χ0n) is 17.3. The summed E-state index contributed by atoms with van der Waals surface area (Å²) in [5, 5.41) is 14.8. The number of aryl methyl sites for hydroxylation is 1. The first-order valence-corrected chi connectivity index (χ1v) is 10.5. The maximum absolute atomic E-state index is 15.9. The summed E-state index contributed by atoms with van der Waals surface area (Å²) in [5.74, 6) is 0.113. The summed E-state index contributed by atoms with van der Waals surface area (Å²) in [6.45, 7) is 3.41. The zero-order valence-corrected chi connectivity index (χ0v) is 17.3. The molecule has 0 saturated carbocycles. The number of piperidine rings is 1. The topological polar surface area (TPSA) is 57.7 Å². The molecule has 0 bridgehead atoms. The second-order valence-corrected chi connectivity index (χ2v) is 7.94. The number of pyridine rings is 1. The van der Waals surface area contributed by atoms with E-state index < -0.39 is 0 Å². The molecule has 2 aromatic carbocycles. The molecule has 0 radical (unpaired) electrons. The Bertz CT molecular complexity index is 1280. The van der Waals surface area contributed by atoms with Crippen LogP contribution in [-0.2, 0) is 0 Å². The number of hydrogen-bond donors (Lipinski definition) is 0. The van der Waals surface area contributed by atoms with Crippen LogP contribution in [0, 0.1) is 24.1 Å². The Morgan fingerprint density at radius 3 is 2.52 bits per heavy atom. The lowest BCUT2D eigenvalue weighted by atomic mass is 9.92. The first-order valence-electron chi connectivity index (χ1n) is 10.5. The molecule has 0 N–H and O–H groups in total. The molecule has 0 unspecified atom stereocenters. The fraction of sp³-hybridized carbons (Fsp3) is 0.240. The molecule has 1 aliphatic rings. The van der Waals surface area contributed by atoms with E-state index in [0.717, 1.165) is 42.7 Å². The van der Waals surface area contributed by atoms with Gasteiger partial charge in [0.15, 0.2) is 5.82 Å². The van der Waals surface area contributed by atoms with Gasteiger partial charge in [0.25, 0.3) is 0 Å². The molecule has 1 fully saturated rings. The van der Waals surface area contributed by atoms with Gasteiger partial charge in [-0.25, -0.2) is 9.07 Å². The van der Waals surface area contributed by atoms with Gasteiger partial charge in [-0.2, -0.15) is 10.4 Å². The predicted octanol–water partition coefficient (Wildman–Crippen LogP) is 5.12. The van der Waals surface area contributed by atoms with Crippen molar-refractivity contribution in [1.29, 1.82) is 5.26 Å². The molecule has 6 heteroatoms. The Morgan fingerprint density at radius 1 is 1.00 bits per heavy atom. The van der Waals surface area contributed by atoms with Gasteiger partial charge in [0.1, 0.15) is 11.6 Å². The minimum Gasteiger partial charge on any atom is -0.369 e. The predicted molar refractivity (Wildman–Crippen MR) is 119 cm³/mol. The lowest BCUT2D eigenvalue weighted by Crippen LogP contribution is -2.33. The summed E-state index contributed by atoms with van der Waals surface area (Å²) in [6.07, 6.45) is 3.70. The third kappa shape index (κ3) is 3.32. The van der Waals surface area contributed by atoms with Gasteiger partial charge in [-0.1, -0.05) is 18.2 Å². The van der Waals surface area contributed by atoms with Crippen LogP contribution in [0.15, 0.2) is 60.8 Å². The molecule has 0 spiro atoms. The van der Waals surface area contributed by atoms with Gasteiger partial charge < -0.3 is 4.90 Å². The average molecular weight is 411 g/mol. The smallest absolute Gasteiger partial charge is 0.172 e. The normalized spacial score (nSPS) is 14.7. The number of para-hydroxylation sites is 1. The summed E-state index contributed by atoms with van der Waals surface area (Å²) in [6, 6.07) is 19.2. The van der Waals surface area contributed by atoms with Crippen molar-refractivity contribution in [2.75, 3.05) is 18.0 Å². The van der Waals surface area contributed by atoms with Gasteiger partial charge in [0, 0.05) is 36.3 Å². The fourth-order valence-electron chi connectivity index (χ4n) is 4.51. The highest BCUT2D eigenvalue weighted by atomic mass is 19.1. The van der Waals surface area contributed by atoms with E-state index in [2.05, 4.69) is 27.1 Å². The number of nitriles is 1. The van der Waals surface area contributed by atoms with E-state index in [0.29, 0.717) is 28.4 Å². The molecule has 0 amide bonds. The molecule has 1 aliphatic heterocycles. The quantitative estimate of drug-likeness (QED) is 0.469. The molecule has 4 aromatic rings. The van der Waals surface area contributed by atoms with Crippen molar-refractivity contribution < 1.29 is 4.39 Å². The van der Waals surface area contributed by atoms with Crippen molar-refractivity contribution in [2.45, 2.75) is 25.7 Å². The first kappa shape index (κ1) is 19.3. The number of fused-ring (bicyclic) bond motifs is 1. The molecule has 154 valence electrons. The van der Waals surface area contributed by atoms with Crippen LogP contribution in [0.25, 0.3) is 16.6 Å². The van der Waals surface area contributed by atoms with E-state index in [4.69, 9.17) is 0 Å². The molecular formula is C25H22FN5. The van der Waals surface area contributed by atoms with Gasteiger partial charge in [-0.3, -0.25) is 4.98 Å². The lowest BCUT2D eigenvalue weighted by Gasteiger charge is -2.33. The van der Waals surface area contributed by atoms with E-state index in [1.54, 1.807) is 22.9 Å². The van der Waals surface area contributed by atoms with E-state index in [1.165, 1.54) is 0 Å². The summed E-state index contributed by atoms with van der Waals surface area (Å²) in [4.78, 5) is 6.60. The average Bonchev–Trinajstić information content (AvgIpc) is 3.17. The molecule has 5 rings (SSSR count). The minimum absolute atomic E-state index is 0.290. The summed E-state index contributed by atoms with van der Waals surface area (Å²) in [7, 11) is 0. The van der Waals surface area contributed by atoms with Crippen LogP contribution in [0.4, 0.5) is 10.1 Å². The van der Waals surface area contributed by atoms with Crippen LogP contribution in [0.1, 0.15) is 35.7 Å². The third-order valence-corrected chi connectivity index (χ3v) is 6.14. The lowest BCUT2D eigenvalue weighted by molar-refractivity contribution is 0.490. The van der Waals surface area contributed by atoms with Gasteiger partial charge in [0.05, 0.1) is 22.6 Å². The number of benzene rings is 2. The second kappa shape index (κ2) is 7.84. The number of anilines is 1. The van der Waals surface area contributed by atoms with Crippen LogP contribution in [0.5, 0.6) is 0 Å². The molecule has 1 saturated heterocycles. The summed E-state index contributed by atoms with van der Waals surface area (Å²) >= 11 is 0. The number of rotatable bonds is 3. The van der Waals surface area contributed by atoms with Crippen LogP contribution in [0.2, 0.25) is 0 Å². The molecule has 31 heavy (non-hydrogen) atoms. The van der Waals surface area contributed by atoms with Crippen molar-refractivity contribution in [2.24, 2.45) is 0 Å². The Morgan fingerprint density at radius 2 is 1.77 bits per heavy atom. The Balaban J connectivity index is 1.52. The summed E-state index contributed by atoms with van der Waals surface area (Å²) < 4.78 is 17.4. The number of nitrogens with zero attached hydrogens (tertiary/aromatic N) is 5. The standard InChI is InChI=1S/C25H22FN5/c1-17-20-9-10-23(30-14-11-18(12-15-30)21-7-4-5-13-28-21)24(26)25(20)31(29-17)22-8-3-2-6-19(22)16-27/h2-10,13,18H,11-12,14-15H2,1H3. The van der Waals surface area contributed by atoms with Crippen molar-refractivity contribution >= 4 is 16.6 Å². The maximum atomic E-state index is 15.9. The Hall–Kier alpha value is -3.72. The van der Waals surface area contributed by atoms with E-state index in [9.17, 15) is 5.26 Å². The summed E-state index contributed by atoms with van der Waals surface area (Å²) in [5.41, 5.74) is 3.91. The first-order chi connectivity index (χ1) is 15.2. The number of aromatic nitrogens is 3. The number of halogens is 1. The number of hydrogen-bond acceptors (Lipinski definition) is 4. The third-order valence-electron chi connectivity index (χ3n) is 6.14. The molecule has 2 aromatic heterocycles. The van der Waals surface area contributed by atoms with E-state index >= 15 is 4.39 Å². The molecule has 0 atom stereocenters. The molecule has 0 aliphatic carbocycles. The van der Waals surface area contributed by atoms with Gasteiger partial charge in [-0.05, 0) is 56.2 Å². The van der Waals surface area contributed by atoms with E-state index in [-0.39, 0.29) is 5.82 Å². The van der Waals surface area contributed by atoms with Crippen molar-refractivity contribution in [1.82, 2.24) is 14.8 Å². The maximum Gasteiger partial charge on any atom is 0.172 e. The largest absolute Gasteiger partial charge is 0.369 e. The van der Waals surface area contributed by atoms with Crippen molar-refractivity contribution in [3.63, 3.8) is 0 Å². The monoisotopic (exact) mass is 411 g/mol. The van der Waals surface area contributed by atoms with Gasteiger partial charge >= 0.3 is 0 Å². The highest BCUT2D eigenvalue weighted by Gasteiger charge is 2.25. The van der Waals surface area contributed by atoms with Crippen molar-refractivity contribution in [3.05, 3.63) is 83.6 Å². The van der Waals surface area contributed by atoms with Crippen molar-refractivity contribution in [3.8, 4) is 11.8 Å². The zero-order chi connectivity index (χ0) is 21.4. The van der Waals surface area contributed by atoms with Crippen LogP contribution >= 0.6 is 0 Å². The molecular weight excluding hydrogens is 389 g/mol. The van der Waals surface area contributed by atoms with Gasteiger partial charge in [0.2, 0.25) is 0 Å². The molecule has 3 heterocycles.